The topological polar surface area (TPSA) is 70.6 Å². The van der Waals surface area contributed by atoms with Crippen LogP contribution in [0.4, 0.5) is 0 Å². The molecule has 6 heteroatoms. The number of carbonyl (C=O) groups is 2. The maximum absolute atomic E-state index is 12.0. The molecule has 2 N–H and O–H groups in total. The zero-order valence-corrected chi connectivity index (χ0v) is 14.9. The van der Waals surface area contributed by atoms with Crippen molar-refractivity contribution in [1.29, 1.82) is 0 Å². The van der Waals surface area contributed by atoms with E-state index in [4.69, 9.17) is 11.6 Å². The third-order valence-electron chi connectivity index (χ3n) is 3.45. The molecule has 0 aromatic heterocycles. The van der Waals surface area contributed by atoms with Crippen LogP contribution in [0.1, 0.15) is 34.8 Å². The second-order valence-electron chi connectivity index (χ2n) is 5.74. The van der Waals surface area contributed by atoms with Gasteiger partial charge in [0, 0.05) is 22.8 Å². The minimum absolute atomic E-state index is 0.113. The number of nitrogens with zero attached hydrogens (tertiary/aromatic N) is 1. The Labute approximate surface area is 152 Å². The molecule has 2 amide bonds. The first-order chi connectivity index (χ1) is 11.9. The minimum atomic E-state index is -0.301. The van der Waals surface area contributed by atoms with E-state index in [0.717, 1.165) is 11.1 Å². The van der Waals surface area contributed by atoms with Gasteiger partial charge in [-0.1, -0.05) is 41.4 Å². The first-order valence-corrected chi connectivity index (χ1v) is 8.23. The Morgan fingerprint density at radius 2 is 1.84 bits per heavy atom. The highest BCUT2D eigenvalue weighted by atomic mass is 35.5. The summed E-state index contributed by atoms with van der Waals surface area (Å²) in [6.45, 7) is 4.02. The van der Waals surface area contributed by atoms with E-state index in [2.05, 4.69) is 15.8 Å². The molecular weight excluding hydrogens is 338 g/mol. The maximum atomic E-state index is 12.0. The highest BCUT2D eigenvalue weighted by Gasteiger charge is 2.07. The number of nitrogens with one attached hydrogen (secondary N) is 2. The van der Waals surface area contributed by atoms with Crippen molar-refractivity contribution in [2.75, 3.05) is 0 Å². The molecule has 0 aliphatic heterocycles. The number of rotatable bonds is 6. The van der Waals surface area contributed by atoms with Gasteiger partial charge in [0.2, 0.25) is 5.91 Å². The van der Waals surface area contributed by atoms with E-state index in [1.807, 2.05) is 31.2 Å². The van der Waals surface area contributed by atoms with Crippen molar-refractivity contribution >= 4 is 29.1 Å². The van der Waals surface area contributed by atoms with Crippen molar-refractivity contribution in [3.63, 3.8) is 0 Å². The fraction of sp³-hybridized carbons (Fsp3) is 0.211. The molecule has 0 heterocycles. The molecule has 0 spiro atoms. The first-order valence-electron chi connectivity index (χ1n) is 7.85. The molecule has 0 saturated carbocycles. The number of benzene rings is 2. The summed E-state index contributed by atoms with van der Waals surface area (Å²) in [6.07, 6.45) is 0.113. The molecule has 2 aromatic carbocycles. The largest absolute Gasteiger partial charge is 0.352 e. The van der Waals surface area contributed by atoms with E-state index in [1.54, 1.807) is 31.2 Å². The van der Waals surface area contributed by atoms with E-state index in [1.165, 1.54) is 0 Å². The van der Waals surface area contributed by atoms with Gasteiger partial charge in [-0.2, -0.15) is 5.10 Å². The van der Waals surface area contributed by atoms with Crippen LogP contribution in [-0.4, -0.2) is 17.5 Å². The standard InChI is InChI=1S/C19H20ClN3O2/c1-13-4-3-5-16(10-13)19(25)23-22-14(2)11-18(24)21-12-15-6-8-17(20)9-7-15/h3-10H,11-12H2,1-2H3,(H,21,24)(H,23,25)/b22-14+. The second kappa shape index (κ2) is 8.99. The average Bonchev–Trinajstić information content (AvgIpc) is 2.59. The Morgan fingerprint density at radius 3 is 2.52 bits per heavy atom. The summed E-state index contributed by atoms with van der Waals surface area (Å²) in [5.41, 5.74) is 5.47. The molecule has 0 aliphatic carbocycles. The molecular formula is C19H20ClN3O2. The number of hydrogen-bond acceptors (Lipinski definition) is 3. The Bertz CT molecular complexity index is 786. The summed E-state index contributed by atoms with van der Waals surface area (Å²) >= 11 is 5.82. The van der Waals surface area contributed by atoms with E-state index in [0.29, 0.717) is 22.8 Å². The van der Waals surface area contributed by atoms with Crippen LogP contribution in [0.25, 0.3) is 0 Å². The predicted molar refractivity (Wildman–Crippen MR) is 99.7 cm³/mol. The van der Waals surface area contributed by atoms with Crippen molar-refractivity contribution in [2.24, 2.45) is 5.10 Å². The lowest BCUT2D eigenvalue weighted by molar-refractivity contribution is -0.120. The quantitative estimate of drug-likeness (QED) is 0.614. The number of aryl methyl sites for hydroxylation is 1. The Balaban J connectivity index is 1.80. The van der Waals surface area contributed by atoms with Gasteiger partial charge in [0.25, 0.3) is 5.91 Å². The van der Waals surface area contributed by atoms with E-state index in [-0.39, 0.29) is 18.2 Å². The van der Waals surface area contributed by atoms with Gasteiger partial charge in [0.05, 0.1) is 6.42 Å². The lowest BCUT2D eigenvalue weighted by Crippen LogP contribution is -2.26. The van der Waals surface area contributed by atoms with Crippen LogP contribution in [0.15, 0.2) is 53.6 Å². The molecule has 0 atom stereocenters. The summed E-state index contributed by atoms with van der Waals surface area (Å²) < 4.78 is 0. The van der Waals surface area contributed by atoms with Crippen molar-refractivity contribution in [2.45, 2.75) is 26.8 Å². The highest BCUT2D eigenvalue weighted by molar-refractivity contribution is 6.30. The molecule has 0 bridgehead atoms. The van der Waals surface area contributed by atoms with Crippen molar-refractivity contribution < 1.29 is 9.59 Å². The third-order valence-corrected chi connectivity index (χ3v) is 3.70. The van der Waals surface area contributed by atoms with Crippen LogP contribution in [0, 0.1) is 6.92 Å². The summed E-state index contributed by atoms with van der Waals surface area (Å²) in [5.74, 6) is -0.467. The van der Waals surface area contributed by atoms with E-state index < -0.39 is 0 Å². The van der Waals surface area contributed by atoms with Gasteiger partial charge in [-0.25, -0.2) is 5.43 Å². The Kier molecular flexibility index (Phi) is 6.71. The predicted octanol–water partition coefficient (Wildman–Crippen LogP) is 3.46. The van der Waals surface area contributed by atoms with Gasteiger partial charge < -0.3 is 5.32 Å². The smallest absolute Gasteiger partial charge is 0.271 e. The number of amides is 2. The molecule has 0 radical (unpaired) electrons. The third kappa shape index (κ3) is 6.39. The van der Waals surface area contributed by atoms with Gasteiger partial charge in [-0.3, -0.25) is 9.59 Å². The average molecular weight is 358 g/mol. The zero-order chi connectivity index (χ0) is 18.2. The van der Waals surface area contributed by atoms with Crippen LogP contribution in [0.3, 0.4) is 0 Å². The first kappa shape index (κ1) is 18.7. The molecule has 0 aliphatic rings. The normalized spacial score (nSPS) is 11.1. The van der Waals surface area contributed by atoms with Gasteiger partial charge >= 0.3 is 0 Å². The number of hydrazone groups is 1. The maximum Gasteiger partial charge on any atom is 0.271 e. The summed E-state index contributed by atoms with van der Waals surface area (Å²) in [4.78, 5) is 23.9. The van der Waals surface area contributed by atoms with Crippen molar-refractivity contribution in [3.8, 4) is 0 Å². The minimum Gasteiger partial charge on any atom is -0.352 e. The summed E-state index contributed by atoms with van der Waals surface area (Å²) in [7, 11) is 0. The van der Waals surface area contributed by atoms with Crippen molar-refractivity contribution in [3.05, 3.63) is 70.2 Å². The fourth-order valence-corrected chi connectivity index (χ4v) is 2.26. The number of carbonyl (C=O) groups excluding carboxylic acids is 2. The monoisotopic (exact) mass is 357 g/mol. The highest BCUT2D eigenvalue weighted by Crippen LogP contribution is 2.09. The molecule has 2 rings (SSSR count). The molecule has 2 aromatic rings. The summed E-state index contributed by atoms with van der Waals surface area (Å²) in [6, 6.07) is 14.5. The summed E-state index contributed by atoms with van der Waals surface area (Å²) in [5, 5.41) is 7.43. The fourth-order valence-electron chi connectivity index (χ4n) is 2.13. The molecule has 0 fully saturated rings. The lowest BCUT2D eigenvalue weighted by Gasteiger charge is -2.06. The van der Waals surface area contributed by atoms with Crippen molar-refractivity contribution in [1.82, 2.24) is 10.7 Å². The van der Waals surface area contributed by atoms with Gasteiger partial charge in [-0.15, -0.1) is 0 Å². The Morgan fingerprint density at radius 1 is 1.12 bits per heavy atom. The SMILES string of the molecule is C/C(CC(=O)NCc1ccc(Cl)cc1)=N\NC(=O)c1cccc(C)c1. The van der Waals surface area contributed by atoms with Crippen LogP contribution < -0.4 is 10.7 Å². The van der Waals surface area contributed by atoms with E-state index in [9.17, 15) is 9.59 Å². The van der Waals surface area contributed by atoms with Crippen LogP contribution >= 0.6 is 11.6 Å². The molecule has 0 saturated heterocycles. The second-order valence-corrected chi connectivity index (χ2v) is 6.17. The number of halogens is 1. The van der Waals surface area contributed by atoms with Gasteiger partial charge in [0.15, 0.2) is 0 Å². The van der Waals surface area contributed by atoms with Crippen LogP contribution in [0.5, 0.6) is 0 Å². The van der Waals surface area contributed by atoms with Crippen LogP contribution in [-0.2, 0) is 11.3 Å². The molecule has 25 heavy (non-hydrogen) atoms. The molecule has 130 valence electrons. The van der Waals surface area contributed by atoms with Crippen LogP contribution in [0.2, 0.25) is 5.02 Å². The number of hydrogen-bond donors (Lipinski definition) is 2. The Hall–Kier alpha value is -2.66. The molecule has 0 unspecified atom stereocenters. The van der Waals surface area contributed by atoms with Gasteiger partial charge in [-0.05, 0) is 43.7 Å². The van der Waals surface area contributed by atoms with Gasteiger partial charge in [0.1, 0.15) is 0 Å². The van der Waals surface area contributed by atoms with E-state index >= 15 is 0 Å². The lowest BCUT2D eigenvalue weighted by atomic mass is 10.1. The molecule has 5 nitrogen and oxygen atoms in total. The zero-order valence-electron chi connectivity index (χ0n) is 14.2.